The van der Waals surface area contributed by atoms with Gasteiger partial charge in [-0.1, -0.05) is 66.7 Å². The maximum atomic E-state index is 11.5. The van der Waals surface area contributed by atoms with Crippen molar-refractivity contribution in [2.24, 2.45) is 10.9 Å². The zero-order valence-corrected chi connectivity index (χ0v) is 15.3. The number of primary sulfonamides is 1. The molecule has 136 valence electrons. The minimum absolute atomic E-state index is 0.0671. The van der Waals surface area contributed by atoms with Crippen LogP contribution in [-0.2, 0) is 10.0 Å². The van der Waals surface area contributed by atoms with Crippen LogP contribution in [0.15, 0.2) is 90.0 Å². The minimum Gasteiger partial charge on any atom is -0.404 e. The van der Waals surface area contributed by atoms with Crippen LogP contribution < -0.4 is 10.9 Å². The lowest BCUT2D eigenvalue weighted by molar-refractivity contribution is 0.598. The van der Waals surface area contributed by atoms with Gasteiger partial charge in [0.2, 0.25) is 10.0 Å². The second-order valence-corrected chi connectivity index (χ2v) is 7.53. The summed E-state index contributed by atoms with van der Waals surface area (Å²) in [7, 11) is -3.75. The van der Waals surface area contributed by atoms with Gasteiger partial charge in [0.25, 0.3) is 0 Å². The molecule has 0 unspecified atom stereocenters. The lowest BCUT2D eigenvalue weighted by Crippen LogP contribution is -2.11. The quantitative estimate of drug-likeness (QED) is 0.593. The van der Waals surface area contributed by atoms with Gasteiger partial charge >= 0.3 is 0 Å². The largest absolute Gasteiger partial charge is 0.404 e. The van der Waals surface area contributed by atoms with E-state index in [1.54, 1.807) is 6.07 Å². The van der Waals surface area contributed by atoms with E-state index in [1.165, 1.54) is 18.3 Å². The van der Waals surface area contributed by atoms with E-state index in [1.807, 2.05) is 60.7 Å². The van der Waals surface area contributed by atoms with Crippen molar-refractivity contribution in [1.29, 1.82) is 5.41 Å². The van der Waals surface area contributed by atoms with Gasteiger partial charge in [-0.25, -0.2) is 13.6 Å². The molecule has 27 heavy (non-hydrogen) atoms. The maximum Gasteiger partial charge on any atom is 0.238 e. The summed E-state index contributed by atoms with van der Waals surface area (Å²) in [5.74, 6) is 0. The minimum atomic E-state index is -3.75. The van der Waals surface area contributed by atoms with Gasteiger partial charge in [0.1, 0.15) is 0 Å². The van der Waals surface area contributed by atoms with Crippen LogP contribution in [0.3, 0.4) is 0 Å². The van der Waals surface area contributed by atoms with Crippen molar-refractivity contribution in [3.05, 3.63) is 96.2 Å². The summed E-state index contributed by atoms with van der Waals surface area (Å²) in [5, 5.41) is 13.6. The monoisotopic (exact) mass is 377 g/mol. The van der Waals surface area contributed by atoms with E-state index in [9.17, 15) is 8.42 Å². The molecule has 3 rings (SSSR count). The standard InChI is InChI=1S/C21H19N3O2S/c22-14-20(21(23)17-5-2-1-3-6-17)16-11-9-15(10-12-16)18-7-4-8-19(13-18)27(24,25)26/h1-14,23H,22H2,(H2,24,25,26)/b20-14-,23-21?. The average molecular weight is 377 g/mol. The highest BCUT2D eigenvalue weighted by atomic mass is 32.2. The molecule has 6 heteroatoms. The summed E-state index contributed by atoms with van der Waals surface area (Å²) in [6.45, 7) is 0. The second kappa shape index (κ2) is 7.57. The van der Waals surface area contributed by atoms with Crippen LogP contribution in [-0.4, -0.2) is 14.1 Å². The number of nitrogens with one attached hydrogen (secondary N) is 1. The Morgan fingerprint density at radius 1 is 0.815 bits per heavy atom. The highest BCUT2D eigenvalue weighted by molar-refractivity contribution is 7.89. The Kier molecular flexibility index (Phi) is 5.21. The van der Waals surface area contributed by atoms with Crippen molar-refractivity contribution in [3.63, 3.8) is 0 Å². The molecule has 0 amide bonds. The highest BCUT2D eigenvalue weighted by Crippen LogP contribution is 2.25. The third kappa shape index (κ3) is 4.13. The van der Waals surface area contributed by atoms with Crippen LogP contribution >= 0.6 is 0 Å². The van der Waals surface area contributed by atoms with E-state index in [0.717, 1.165) is 22.3 Å². The Bertz CT molecular complexity index is 1100. The molecule has 0 aliphatic rings. The van der Waals surface area contributed by atoms with Gasteiger partial charge in [-0.2, -0.15) is 0 Å². The molecule has 0 radical (unpaired) electrons. The van der Waals surface area contributed by atoms with Crippen LogP contribution in [0.25, 0.3) is 16.7 Å². The summed E-state index contributed by atoms with van der Waals surface area (Å²) in [5.41, 5.74) is 9.89. The molecule has 0 aromatic heterocycles. The third-order valence-corrected chi connectivity index (χ3v) is 5.10. The van der Waals surface area contributed by atoms with E-state index in [4.69, 9.17) is 16.3 Å². The Balaban J connectivity index is 1.92. The Hall–Kier alpha value is -3.22. The fourth-order valence-electron chi connectivity index (χ4n) is 2.78. The van der Waals surface area contributed by atoms with Gasteiger partial charge in [0.15, 0.2) is 0 Å². The fraction of sp³-hybridized carbons (Fsp3) is 0. The molecular formula is C21H19N3O2S. The van der Waals surface area contributed by atoms with Crippen LogP contribution in [0.2, 0.25) is 0 Å². The van der Waals surface area contributed by atoms with Gasteiger partial charge in [-0.3, -0.25) is 5.41 Å². The van der Waals surface area contributed by atoms with Crippen molar-refractivity contribution in [2.75, 3.05) is 0 Å². The molecule has 0 fully saturated rings. The van der Waals surface area contributed by atoms with Crippen molar-refractivity contribution in [2.45, 2.75) is 4.90 Å². The van der Waals surface area contributed by atoms with Crippen molar-refractivity contribution in [3.8, 4) is 11.1 Å². The Morgan fingerprint density at radius 2 is 1.48 bits per heavy atom. The summed E-state index contributed by atoms with van der Waals surface area (Å²) < 4.78 is 23.1. The number of hydrogen-bond acceptors (Lipinski definition) is 4. The van der Waals surface area contributed by atoms with Crippen molar-refractivity contribution < 1.29 is 8.42 Å². The molecule has 0 saturated carbocycles. The molecule has 3 aromatic carbocycles. The first-order valence-electron chi connectivity index (χ1n) is 8.20. The first-order valence-corrected chi connectivity index (χ1v) is 9.74. The Labute approximate surface area is 158 Å². The summed E-state index contributed by atoms with van der Waals surface area (Å²) in [4.78, 5) is 0.0671. The number of allylic oxidation sites excluding steroid dienone is 1. The molecule has 0 spiro atoms. The van der Waals surface area contributed by atoms with Crippen LogP contribution in [0.5, 0.6) is 0 Å². The second-order valence-electron chi connectivity index (χ2n) is 5.97. The molecule has 0 atom stereocenters. The fourth-order valence-corrected chi connectivity index (χ4v) is 3.34. The van der Waals surface area contributed by atoms with Gasteiger partial charge in [0.05, 0.1) is 10.6 Å². The Morgan fingerprint density at radius 3 is 2.07 bits per heavy atom. The molecule has 5 N–H and O–H groups in total. The molecule has 5 nitrogen and oxygen atoms in total. The van der Waals surface area contributed by atoms with Crippen LogP contribution in [0, 0.1) is 5.41 Å². The number of hydrogen-bond donors (Lipinski definition) is 3. The highest BCUT2D eigenvalue weighted by Gasteiger charge is 2.12. The van der Waals surface area contributed by atoms with E-state index in [2.05, 4.69) is 0 Å². The summed E-state index contributed by atoms with van der Waals surface area (Å²) in [6.07, 6.45) is 1.42. The molecule has 0 aliphatic heterocycles. The number of sulfonamides is 1. The van der Waals surface area contributed by atoms with Gasteiger partial charge < -0.3 is 5.73 Å². The molecule has 0 heterocycles. The summed E-state index contributed by atoms with van der Waals surface area (Å²) >= 11 is 0. The van der Waals surface area contributed by atoms with Crippen molar-refractivity contribution >= 4 is 21.3 Å². The van der Waals surface area contributed by atoms with Gasteiger partial charge in [0, 0.05) is 17.3 Å². The number of rotatable bonds is 5. The van der Waals surface area contributed by atoms with Crippen LogP contribution in [0.1, 0.15) is 11.1 Å². The maximum absolute atomic E-state index is 11.5. The van der Waals surface area contributed by atoms with E-state index in [0.29, 0.717) is 11.3 Å². The predicted molar refractivity (Wildman–Crippen MR) is 109 cm³/mol. The van der Waals surface area contributed by atoms with Gasteiger partial charge in [-0.05, 0) is 28.8 Å². The first kappa shape index (κ1) is 18.6. The average Bonchev–Trinajstić information content (AvgIpc) is 2.69. The molecule has 0 bridgehead atoms. The third-order valence-electron chi connectivity index (χ3n) is 4.19. The van der Waals surface area contributed by atoms with E-state index in [-0.39, 0.29) is 4.90 Å². The zero-order valence-electron chi connectivity index (χ0n) is 14.5. The molecule has 3 aromatic rings. The zero-order chi connectivity index (χ0) is 19.4. The number of nitrogens with two attached hydrogens (primary N) is 2. The molecular weight excluding hydrogens is 358 g/mol. The summed E-state index contributed by atoms with van der Waals surface area (Å²) in [6, 6.07) is 23.3. The molecule has 0 saturated heterocycles. The first-order chi connectivity index (χ1) is 12.9. The molecule has 0 aliphatic carbocycles. The van der Waals surface area contributed by atoms with Crippen molar-refractivity contribution in [1.82, 2.24) is 0 Å². The lowest BCUT2D eigenvalue weighted by atomic mass is 9.95. The number of benzene rings is 3. The van der Waals surface area contributed by atoms with Crippen LogP contribution in [0.4, 0.5) is 0 Å². The normalized spacial score (nSPS) is 12.0. The van der Waals surface area contributed by atoms with Gasteiger partial charge in [-0.15, -0.1) is 0 Å². The lowest BCUT2D eigenvalue weighted by Gasteiger charge is -2.11. The SMILES string of the molecule is N=C(/C(=C\N)c1ccc(-c2cccc(S(N)(=O)=O)c2)cc1)c1ccccc1. The topological polar surface area (TPSA) is 110 Å². The predicted octanol–water partition coefficient (Wildman–Crippen LogP) is 3.37. The smallest absolute Gasteiger partial charge is 0.238 e. The van der Waals surface area contributed by atoms with E-state index >= 15 is 0 Å². The van der Waals surface area contributed by atoms with E-state index < -0.39 is 10.0 Å².